The number of hydrogen-bond donors (Lipinski definition) is 0. The van der Waals surface area contributed by atoms with Gasteiger partial charge in [-0.2, -0.15) is 26.3 Å². The third-order valence-electron chi connectivity index (χ3n) is 5.67. The van der Waals surface area contributed by atoms with Gasteiger partial charge in [0.15, 0.2) is 0 Å². The zero-order valence-corrected chi connectivity index (χ0v) is 17.4. The lowest BCUT2D eigenvalue weighted by Gasteiger charge is -2.31. The Labute approximate surface area is 183 Å². The molecule has 4 rings (SSSR count). The number of fused-ring (bicyclic) bond motifs is 5. The number of carbonyl (C=O) groups is 3. The Morgan fingerprint density at radius 1 is 0.970 bits per heavy atom. The summed E-state index contributed by atoms with van der Waals surface area (Å²) in [4.78, 5) is 38.9. The van der Waals surface area contributed by atoms with Crippen LogP contribution in [-0.2, 0) is 36.2 Å². The van der Waals surface area contributed by atoms with E-state index < -0.39 is 76.1 Å². The van der Waals surface area contributed by atoms with Crippen LogP contribution in [0.25, 0.3) is 0 Å². The average molecular weight is 477 g/mol. The molecule has 2 bridgehead atoms. The summed E-state index contributed by atoms with van der Waals surface area (Å²) in [6.07, 6.45) is -8.71. The van der Waals surface area contributed by atoms with E-state index in [2.05, 4.69) is 0 Å². The maximum Gasteiger partial charge on any atom is 0.416 e. The van der Waals surface area contributed by atoms with Crippen LogP contribution in [0.15, 0.2) is 30.4 Å². The van der Waals surface area contributed by atoms with Crippen LogP contribution in [0.1, 0.15) is 31.9 Å². The van der Waals surface area contributed by atoms with Crippen molar-refractivity contribution in [1.82, 2.24) is 0 Å². The lowest BCUT2D eigenvalue weighted by atomic mass is 9.82. The summed E-state index contributed by atoms with van der Waals surface area (Å²) in [6, 6.07) is 0.503. The number of alkyl halides is 6. The molecule has 1 aromatic rings. The molecule has 4 atom stereocenters. The number of benzene rings is 1. The van der Waals surface area contributed by atoms with Crippen LogP contribution in [0.5, 0.6) is 0 Å². The van der Waals surface area contributed by atoms with Gasteiger partial charge in [0.25, 0.3) is 0 Å². The Hall–Kier alpha value is -2.89. The molecule has 2 fully saturated rings. The fraction of sp³-hybridized carbons (Fsp3) is 0.476. The second-order valence-corrected chi connectivity index (χ2v) is 9.08. The molecule has 0 aromatic heterocycles. The second kappa shape index (κ2) is 6.81. The molecule has 3 heterocycles. The summed E-state index contributed by atoms with van der Waals surface area (Å²) in [7, 11) is 0. The summed E-state index contributed by atoms with van der Waals surface area (Å²) in [5.41, 5.74) is -5.23. The molecule has 6 nitrogen and oxygen atoms in total. The third-order valence-corrected chi connectivity index (χ3v) is 5.67. The van der Waals surface area contributed by atoms with Gasteiger partial charge in [-0.25, -0.2) is 4.90 Å². The molecule has 33 heavy (non-hydrogen) atoms. The minimum absolute atomic E-state index is 0.101. The van der Waals surface area contributed by atoms with Gasteiger partial charge < -0.3 is 9.47 Å². The van der Waals surface area contributed by atoms with E-state index in [0.29, 0.717) is 12.1 Å². The third kappa shape index (κ3) is 3.60. The lowest BCUT2D eigenvalue weighted by Crippen LogP contribution is -2.46. The molecule has 0 saturated carbocycles. The Kier molecular flexibility index (Phi) is 4.80. The molecule has 2 saturated heterocycles. The van der Waals surface area contributed by atoms with Gasteiger partial charge in [-0.1, -0.05) is 6.08 Å². The van der Waals surface area contributed by atoms with Crippen LogP contribution in [0.2, 0.25) is 0 Å². The second-order valence-electron chi connectivity index (χ2n) is 9.08. The molecule has 0 unspecified atom stereocenters. The fourth-order valence-electron chi connectivity index (χ4n) is 4.08. The van der Waals surface area contributed by atoms with Crippen molar-refractivity contribution >= 4 is 23.5 Å². The zero-order valence-electron chi connectivity index (χ0n) is 17.4. The number of esters is 1. The molecule has 0 radical (unpaired) electrons. The SMILES string of the molecule is CC(C)(C)C(=O)O[C@@]12C=C[C@H](O1)[C@@H]1C(=O)N(c3cc(C(F)(F)F)cc(C(F)(F)F)c3)C(=O)[C@@H]12. The Morgan fingerprint density at radius 3 is 2.00 bits per heavy atom. The number of halogens is 6. The highest BCUT2D eigenvalue weighted by atomic mass is 19.4. The van der Waals surface area contributed by atoms with E-state index in [1.54, 1.807) is 0 Å². The quantitative estimate of drug-likeness (QED) is 0.278. The van der Waals surface area contributed by atoms with Crippen molar-refractivity contribution in [2.24, 2.45) is 17.3 Å². The van der Waals surface area contributed by atoms with Gasteiger partial charge in [0.1, 0.15) is 5.92 Å². The predicted octanol–water partition coefficient (Wildman–Crippen LogP) is 4.08. The number of nitrogens with zero attached hydrogens (tertiary/aromatic N) is 1. The smallest absolute Gasteiger partial charge is 0.416 e. The minimum atomic E-state index is -5.16. The van der Waals surface area contributed by atoms with E-state index >= 15 is 0 Å². The first-order valence-electron chi connectivity index (χ1n) is 9.74. The number of carbonyl (C=O) groups excluding carboxylic acids is 3. The van der Waals surface area contributed by atoms with Crippen LogP contribution in [0.3, 0.4) is 0 Å². The van der Waals surface area contributed by atoms with Crippen molar-refractivity contribution in [3.8, 4) is 0 Å². The van der Waals surface area contributed by atoms with Crippen molar-refractivity contribution in [2.45, 2.75) is 45.0 Å². The summed E-state index contributed by atoms with van der Waals surface area (Å²) >= 11 is 0. The van der Waals surface area contributed by atoms with Crippen molar-refractivity contribution in [3.05, 3.63) is 41.5 Å². The molecule has 12 heteroatoms. The topological polar surface area (TPSA) is 72.9 Å². The highest BCUT2D eigenvalue weighted by molar-refractivity contribution is 6.23. The first-order chi connectivity index (χ1) is 15.0. The van der Waals surface area contributed by atoms with Crippen molar-refractivity contribution in [2.75, 3.05) is 4.90 Å². The molecule has 3 aliphatic rings. The molecule has 0 aliphatic carbocycles. The van der Waals surface area contributed by atoms with Crippen molar-refractivity contribution in [1.29, 1.82) is 0 Å². The zero-order chi connectivity index (χ0) is 24.7. The molecule has 0 N–H and O–H groups in total. The Morgan fingerprint density at radius 2 is 1.52 bits per heavy atom. The number of amides is 2. The van der Waals surface area contributed by atoms with Gasteiger partial charge >= 0.3 is 18.3 Å². The van der Waals surface area contributed by atoms with E-state index in [1.807, 2.05) is 0 Å². The largest absolute Gasteiger partial charge is 0.428 e. The molecular weight excluding hydrogens is 460 g/mol. The molecular formula is C21H17F6NO5. The lowest BCUT2D eigenvalue weighted by molar-refractivity contribution is -0.212. The molecule has 3 aliphatic heterocycles. The average Bonchev–Trinajstić information content (AvgIpc) is 3.29. The Bertz CT molecular complexity index is 1050. The van der Waals surface area contributed by atoms with Gasteiger partial charge in [0.2, 0.25) is 17.6 Å². The maximum absolute atomic E-state index is 13.3. The van der Waals surface area contributed by atoms with Gasteiger partial charge in [0, 0.05) is 0 Å². The standard InChI is InChI=1S/C21H17F6NO5/c1-18(2,3)17(31)33-19-5-4-12(32-19)13-14(19)16(30)28(15(13)29)11-7-9(20(22,23)24)6-10(8-11)21(25,26)27/h4-8,12-14H,1-3H3/t12-,13-,14+,19+/m0/s1. The monoisotopic (exact) mass is 477 g/mol. The van der Waals surface area contributed by atoms with E-state index in [1.165, 1.54) is 32.9 Å². The summed E-state index contributed by atoms with van der Waals surface area (Å²) in [5, 5.41) is 0. The van der Waals surface area contributed by atoms with Crippen LogP contribution in [-0.4, -0.2) is 29.7 Å². The van der Waals surface area contributed by atoms with Gasteiger partial charge in [-0.3, -0.25) is 14.4 Å². The first kappa shape index (κ1) is 23.3. The fourth-order valence-corrected chi connectivity index (χ4v) is 4.08. The number of hydrogen-bond acceptors (Lipinski definition) is 5. The van der Waals surface area contributed by atoms with Gasteiger partial charge in [-0.15, -0.1) is 0 Å². The first-order valence-corrected chi connectivity index (χ1v) is 9.74. The summed E-state index contributed by atoms with van der Waals surface area (Å²) in [6.45, 7) is 4.59. The maximum atomic E-state index is 13.3. The van der Waals surface area contributed by atoms with E-state index in [9.17, 15) is 40.7 Å². The molecule has 2 amide bonds. The van der Waals surface area contributed by atoms with Crippen LogP contribution >= 0.6 is 0 Å². The van der Waals surface area contributed by atoms with Crippen LogP contribution in [0.4, 0.5) is 32.0 Å². The highest BCUT2D eigenvalue weighted by Crippen LogP contribution is 2.54. The number of rotatable bonds is 2. The van der Waals surface area contributed by atoms with Crippen molar-refractivity contribution < 1.29 is 50.2 Å². The van der Waals surface area contributed by atoms with E-state index in [4.69, 9.17) is 9.47 Å². The predicted molar refractivity (Wildman–Crippen MR) is 98.2 cm³/mol. The molecule has 1 aromatic carbocycles. The van der Waals surface area contributed by atoms with Crippen LogP contribution in [0, 0.1) is 17.3 Å². The highest BCUT2D eigenvalue weighted by Gasteiger charge is 2.70. The van der Waals surface area contributed by atoms with Gasteiger partial charge in [0.05, 0.1) is 34.3 Å². The number of imide groups is 1. The molecule has 178 valence electrons. The number of ether oxygens (including phenoxy) is 2. The van der Waals surface area contributed by atoms with Gasteiger partial charge in [-0.05, 0) is 45.0 Å². The van der Waals surface area contributed by atoms with E-state index in [0.717, 1.165) is 0 Å². The van der Waals surface area contributed by atoms with Crippen LogP contribution < -0.4 is 4.90 Å². The minimum Gasteiger partial charge on any atom is -0.428 e. The molecule has 0 spiro atoms. The normalized spacial score (nSPS) is 29.1. The summed E-state index contributed by atoms with van der Waals surface area (Å²) < 4.78 is 90.5. The Balaban J connectivity index is 1.77. The van der Waals surface area contributed by atoms with E-state index in [-0.39, 0.29) is 11.0 Å². The number of anilines is 1. The summed E-state index contributed by atoms with van der Waals surface area (Å²) in [5.74, 6) is -7.62. The van der Waals surface area contributed by atoms with Crippen molar-refractivity contribution in [3.63, 3.8) is 0 Å².